The molecule has 7 nitrogen and oxygen atoms in total. The molecule has 4 aromatic rings. The molecule has 3 heterocycles. The number of carbonyl (C=O) groups is 1. The summed E-state index contributed by atoms with van der Waals surface area (Å²) in [5.41, 5.74) is 3.08. The fourth-order valence-corrected chi connectivity index (χ4v) is 4.13. The molecular formula is C23H19N3O4S. The summed E-state index contributed by atoms with van der Waals surface area (Å²) in [5, 5.41) is 6.82. The van der Waals surface area contributed by atoms with E-state index in [1.807, 2.05) is 36.4 Å². The van der Waals surface area contributed by atoms with E-state index in [4.69, 9.17) is 14.0 Å². The molecule has 156 valence electrons. The number of hydrogen-bond donors (Lipinski definition) is 1. The highest BCUT2D eigenvalue weighted by Gasteiger charge is 2.22. The van der Waals surface area contributed by atoms with Gasteiger partial charge < -0.3 is 19.3 Å². The van der Waals surface area contributed by atoms with Crippen LogP contribution in [0.5, 0.6) is 16.7 Å². The number of benzene rings is 2. The monoisotopic (exact) mass is 433 g/mol. The standard InChI is InChI=1S/C23H19N3O4S/c27-22(24-11-15-12-26-28-14-15)21-13-25-23(31-21)29-18-7-9-20-17(10-18)6-8-19(30-20)16-4-2-1-3-5-16/h1-5,7,9-10,12-14,19H,6,8,11H2,(H,24,27)/t19-/m0/s1. The van der Waals surface area contributed by atoms with Crippen LogP contribution in [0.3, 0.4) is 0 Å². The smallest absolute Gasteiger partial charge is 0.279 e. The molecule has 0 radical (unpaired) electrons. The van der Waals surface area contributed by atoms with Crippen molar-refractivity contribution in [1.82, 2.24) is 15.5 Å². The maximum atomic E-state index is 12.3. The summed E-state index contributed by atoms with van der Waals surface area (Å²) in [4.78, 5) is 17.0. The number of nitrogens with zero attached hydrogens (tertiary/aromatic N) is 2. The summed E-state index contributed by atoms with van der Waals surface area (Å²) in [6, 6.07) is 16.0. The Labute approximate surface area is 182 Å². The summed E-state index contributed by atoms with van der Waals surface area (Å²) in [6.45, 7) is 0.339. The van der Waals surface area contributed by atoms with Crippen molar-refractivity contribution in [2.45, 2.75) is 25.5 Å². The average Bonchev–Trinajstić information content (AvgIpc) is 3.50. The summed E-state index contributed by atoms with van der Waals surface area (Å²) < 4.78 is 16.8. The molecule has 0 spiro atoms. The van der Waals surface area contributed by atoms with Crippen LogP contribution in [-0.2, 0) is 13.0 Å². The Bertz CT molecular complexity index is 1170. The van der Waals surface area contributed by atoms with E-state index in [0.717, 1.165) is 29.7 Å². The molecule has 0 aliphatic carbocycles. The number of fused-ring (bicyclic) bond motifs is 1. The van der Waals surface area contributed by atoms with Gasteiger partial charge in [0.05, 0.1) is 12.4 Å². The first kappa shape index (κ1) is 19.3. The average molecular weight is 433 g/mol. The van der Waals surface area contributed by atoms with Crippen molar-refractivity contribution in [3.63, 3.8) is 0 Å². The molecule has 1 aliphatic rings. The third-order valence-electron chi connectivity index (χ3n) is 5.00. The SMILES string of the molecule is O=C(NCc1cnoc1)c1cnc(Oc2ccc3c(c2)CC[C@@H](c2ccccc2)O3)s1. The van der Waals surface area contributed by atoms with Gasteiger partial charge in [-0.1, -0.05) is 46.8 Å². The van der Waals surface area contributed by atoms with Crippen molar-refractivity contribution in [3.05, 3.63) is 88.8 Å². The van der Waals surface area contributed by atoms with Crippen LogP contribution in [0.2, 0.25) is 0 Å². The molecule has 1 N–H and O–H groups in total. The van der Waals surface area contributed by atoms with Crippen molar-refractivity contribution in [2.24, 2.45) is 0 Å². The first-order valence-electron chi connectivity index (χ1n) is 9.89. The number of carbonyl (C=O) groups excluding carboxylic acids is 1. The maximum absolute atomic E-state index is 12.3. The topological polar surface area (TPSA) is 86.5 Å². The lowest BCUT2D eigenvalue weighted by molar-refractivity contribution is 0.0954. The Morgan fingerprint density at radius 3 is 2.94 bits per heavy atom. The van der Waals surface area contributed by atoms with Crippen LogP contribution < -0.4 is 14.8 Å². The second-order valence-corrected chi connectivity index (χ2v) is 8.13. The van der Waals surface area contributed by atoms with Gasteiger partial charge >= 0.3 is 0 Å². The second kappa shape index (κ2) is 8.61. The summed E-state index contributed by atoms with van der Waals surface area (Å²) >= 11 is 1.19. The van der Waals surface area contributed by atoms with Gasteiger partial charge in [0.1, 0.15) is 28.7 Å². The predicted molar refractivity (Wildman–Crippen MR) is 114 cm³/mol. The Morgan fingerprint density at radius 1 is 1.19 bits per heavy atom. The first-order chi connectivity index (χ1) is 15.2. The van der Waals surface area contributed by atoms with Gasteiger partial charge in [0.25, 0.3) is 11.1 Å². The minimum Gasteiger partial charge on any atom is -0.485 e. The van der Waals surface area contributed by atoms with E-state index < -0.39 is 0 Å². The largest absolute Gasteiger partial charge is 0.485 e. The molecule has 31 heavy (non-hydrogen) atoms. The molecule has 0 saturated carbocycles. The van der Waals surface area contributed by atoms with Crippen LogP contribution in [0.25, 0.3) is 0 Å². The van der Waals surface area contributed by atoms with Crippen molar-refractivity contribution in [2.75, 3.05) is 0 Å². The second-order valence-electron chi connectivity index (χ2n) is 7.13. The van der Waals surface area contributed by atoms with Gasteiger partial charge in [0.15, 0.2) is 0 Å². The van der Waals surface area contributed by atoms with Gasteiger partial charge in [-0.3, -0.25) is 4.79 Å². The van der Waals surface area contributed by atoms with Gasteiger partial charge in [-0.15, -0.1) is 0 Å². The highest BCUT2D eigenvalue weighted by molar-refractivity contribution is 7.15. The van der Waals surface area contributed by atoms with Gasteiger partial charge in [-0.05, 0) is 42.2 Å². The lowest BCUT2D eigenvalue weighted by atomic mass is 9.97. The van der Waals surface area contributed by atoms with Crippen molar-refractivity contribution in [1.29, 1.82) is 0 Å². The van der Waals surface area contributed by atoms with Crippen molar-refractivity contribution >= 4 is 17.2 Å². The van der Waals surface area contributed by atoms with E-state index in [0.29, 0.717) is 22.4 Å². The molecule has 8 heteroatoms. The van der Waals surface area contributed by atoms with Crippen LogP contribution in [0.1, 0.15) is 38.9 Å². The Morgan fingerprint density at radius 2 is 2.10 bits per heavy atom. The van der Waals surface area contributed by atoms with Gasteiger partial charge in [0, 0.05) is 12.1 Å². The van der Waals surface area contributed by atoms with Crippen LogP contribution >= 0.6 is 11.3 Å². The number of aryl methyl sites for hydroxylation is 1. The molecule has 0 unspecified atom stereocenters. The van der Waals surface area contributed by atoms with E-state index >= 15 is 0 Å². The quantitative estimate of drug-likeness (QED) is 0.464. The number of nitrogens with one attached hydrogen (secondary N) is 1. The maximum Gasteiger partial charge on any atom is 0.279 e. The molecule has 5 rings (SSSR count). The minimum absolute atomic E-state index is 0.0679. The molecule has 0 saturated heterocycles. The first-order valence-corrected chi connectivity index (χ1v) is 10.7. The normalized spacial score (nSPS) is 15.0. The molecule has 2 aromatic carbocycles. The Kier molecular flexibility index (Phi) is 5.37. The number of aromatic nitrogens is 2. The van der Waals surface area contributed by atoms with Crippen molar-refractivity contribution in [3.8, 4) is 16.7 Å². The van der Waals surface area contributed by atoms with Gasteiger partial charge in [-0.2, -0.15) is 0 Å². The zero-order valence-electron chi connectivity index (χ0n) is 16.5. The molecule has 0 fully saturated rings. The van der Waals surface area contributed by atoms with E-state index in [-0.39, 0.29) is 12.0 Å². The highest BCUT2D eigenvalue weighted by Crippen LogP contribution is 2.38. The minimum atomic E-state index is -0.223. The number of amides is 1. The molecule has 1 aliphatic heterocycles. The fourth-order valence-electron chi connectivity index (χ4n) is 3.43. The number of thiazole rings is 1. The van der Waals surface area contributed by atoms with Crippen LogP contribution in [-0.4, -0.2) is 16.0 Å². The molecular weight excluding hydrogens is 414 g/mol. The third kappa shape index (κ3) is 4.44. The van der Waals surface area contributed by atoms with Crippen LogP contribution in [0.15, 0.2) is 71.7 Å². The molecule has 2 aromatic heterocycles. The van der Waals surface area contributed by atoms with Crippen LogP contribution in [0, 0.1) is 0 Å². The zero-order valence-corrected chi connectivity index (χ0v) is 17.3. The Hall–Kier alpha value is -3.65. The van der Waals surface area contributed by atoms with Gasteiger partial charge in [0.2, 0.25) is 0 Å². The molecule has 0 bridgehead atoms. The van der Waals surface area contributed by atoms with E-state index in [1.54, 1.807) is 6.20 Å². The zero-order chi connectivity index (χ0) is 21.0. The number of hydrogen-bond acceptors (Lipinski definition) is 7. The predicted octanol–water partition coefficient (Wildman–Crippen LogP) is 4.92. The molecule has 1 amide bonds. The summed E-state index contributed by atoms with van der Waals surface area (Å²) in [5.74, 6) is 1.33. The Balaban J connectivity index is 1.22. The van der Waals surface area contributed by atoms with E-state index in [9.17, 15) is 4.79 Å². The molecule has 1 atom stereocenters. The van der Waals surface area contributed by atoms with E-state index in [1.165, 1.54) is 29.4 Å². The number of rotatable bonds is 6. The number of ether oxygens (including phenoxy) is 2. The van der Waals surface area contributed by atoms with Gasteiger partial charge in [-0.25, -0.2) is 4.98 Å². The van der Waals surface area contributed by atoms with Crippen LogP contribution in [0.4, 0.5) is 0 Å². The summed E-state index contributed by atoms with van der Waals surface area (Å²) in [6.07, 6.45) is 6.44. The summed E-state index contributed by atoms with van der Waals surface area (Å²) in [7, 11) is 0. The third-order valence-corrected chi connectivity index (χ3v) is 5.87. The lowest BCUT2D eigenvalue weighted by Crippen LogP contribution is -2.21. The van der Waals surface area contributed by atoms with Crippen molar-refractivity contribution < 1.29 is 18.8 Å². The fraction of sp³-hybridized carbons (Fsp3) is 0.174. The van der Waals surface area contributed by atoms with E-state index in [2.05, 4.69) is 27.6 Å². The lowest BCUT2D eigenvalue weighted by Gasteiger charge is -2.26. The highest BCUT2D eigenvalue weighted by atomic mass is 32.1.